The number of nitrogens with one attached hydrogen (secondary N) is 1. The molecule has 1 amide bonds. The number of amides is 1. The van der Waals surface area contributed by atoms with Crippen molar-refractivity contribution in [3.8, 4) is 0 Å². The molecule has 1 saturated heterocycles. The van der Waals surface area contributed by atoms with Crippen molar-refractivity contribution in [3.63, 3.8) is 0 Å². The molecule has 1 fully saturated rings. The summed E-state index contributed by atoms with van der Waals surface area (Å²) in [5, 5.41) is 2.60. The molecule has 5 nitrogen and oxygen atoms in total. The Hall–Kier alpha value is -1.95. The predicted molar refractivity (Wildman–Crippen MR) is 63.5 cm³/mol. The standard InChI is InChI=1S/C13H14FNO4/c1-18-12(17)13(7-19-8-13)11(16)15-6-9-3-2-4-10(14)5-9/h2-5H,6-8H2,1H3,(H,15,16). The number of carbonyl (C=O) groups is 2. The van der Waals surface area contributed by atoms with Crippen molar-refractivity contribution in [1.29, 1.82) is 0 Å². The third-order valence-electron chi connectivity index (χ3n) is 3.05. The number of hydrogen-bond donors (Lipinski definition) is 1. The fourth-order valence-electron chi connectivity index (χ4n) is 1.84. The number of hydrogen-bond acceptors (Lipinski definition) is 4. The first kappa shape index (κ1) is 13.5. The van der Waals surface area contributed by atoms with Crippen LogP contribution in [0.1, 0.15) is 5.56 Å². The van der Waals surface area contributed by atoms with Gasteiger partial charge in [0, 0.05) is 6.54 Å². The van der Waals surface area contributed by atoms with Gasteiger partial charge in [0.15, 0.2) is 5.41 Å². The molecule has 0 radical (unpaired) electrons. The van der Waals surface area contributed by atoms with Crippen molar-refractivity contribution in [3.05, 3.63) is 35.6 Å². The summed E-state index contributed by atoms with van der Waals surface area (Å²) < 4.78 is 22.5. The number of rotatable bonds is 4. The smallest absolute Gasteiger partial charge is 0.326 e. The Bertz CT molecular complexity index is 499. The number of carbonyl (C=O) groups excluding carboxylic acids is 2. The van der Waals surface area contributed by atoms with Crippen LogP contribution in [0, 0.1) is 11.2 Å². The summed E-state index contributed by atoms with van der Waals surface area (Å²) in [6.45, 7) is 0.165. The van der Waals surface area contributed by atoms with Crippen molar-refractivity contribution in [2.75, 3.05) is 20.3 Å². The first-order valence-electron chi connectivity index (χ1n) is 5.77. The van der Waals surface area contributed by atoms with Gasteiger partial charge in [0.25, 0.3) is 0 Å². The summed E-state index contributed by atoms with van der Waals surface area (Å²) in [5.41, 5.74) is -0.643. The molecule has 102 valence electrons. The highest BCUT2D eigenvalue weighted by Crippen LogP contribution is 2.29. The minimum Gasteiger partial charge on any atom is -0.468 e. The van der Waals surface area contributed by atoms with Crippen molar-refractivity contribution >= 4 is 11.9 Å². The Morgan fingerprint density at radius 1 is 1.47 bits per heavy atom. The van der Waals surface area contributed by atoms with E-state index in [9.17, 15) is 14.0 Å². The fraction of sp³-hybridized carbons (Fsp3) is 0.385. The molecule has 0 bridgehead atoms. The van der Waals surface area contributed by atoms with E-state index in [0.717, 1.165) is 0 Å². The van der Waals surface area contributed by atoms with E-state index >= 15 is 0 Å². The molecular weight excluding hydrogens is 253 g/mol. The van der Waals surface area contributed by atoms with Crippen LogP contribution in [0.25, 0.3) is 0 Å². The molecule has 1 N–H and O–H groups in total. The Balaban J connectivity index is 1.99. The van der Waals surface area contributed by atoms with Gasteiger partial charge in [-0.3, -0.25) is 9.59 Å². The molecule has 0 atom stereocenters. The summed E-state index contributed by atoms with van der Waals surface area (Å²) in [6.07, 6.45) is 0. The van der Waals surface area contributed by atoms with E-state index in [0.29, 0.717) is 5.56 Å². The van der Waals surface area contributed by atoms with Gasteiger partial charge < -0.3 is 14.8 Å². The number of ether oxygens (including phenoxy) is 2. The van der Waals surface area contributed by atoms with Crippen LogP contribution < -0.4 is 5.32 Å². The van der Waals surface area contributed by atoms with Crippen LogP contribution >= 0.6 is 0 Å². The average molecular weight is 267 g/mol. The predicted octanol–water partition coefficient (Wildman–Crippen LogP) is 0.631. The Kier molecular flexibility index (Phi) is 3.80. The molecule has 1 heterocycles. The number of methoxy groups -OCH3 is 1. The van der Waals surface area contributed by atoms with Gasteiger partial charge in [-0.25, -0.2) is 4.39 Å². The van der Waals surface area contributed by atoms with Crippen molar-refractivity contribution < 1.29 is 23.5 Å². The lowest BCUT2D eigenvalue weighted by molar-refractivity contribution is -0.188. The quantitative estimate of drug-likeness (QED) is 0.642. The highest BCUT2D eigenvalue weighted by molar-refractivity contribution is 6.03. The number of benzene rings is 1. The minimum absolute atomic E-state index is 0.00859. The van der Waals surface area contributed by atoms with E-state index in [4.69, 9.17) is 4.74 Å². The lowest BCUT2D eigenvalue weighted by atomic mass is 9.85. The Morgan fingerprint density at radius 2 is 2.21 bits per heavy atom. The summed E-state index contributed by atoms with van der Waals surface area (Å²) in [5.74, 6) is -1.45. The molecule has 0 spiro atoms. The van der Waals surface area contributed by atoms with E-state index < -0.39 is 17.3 Å². The van der Waals surface area contributed by atoms with Crippen LogP contribution in [0.3, 0.4) is 0 Å². The normalized spacial score (nSPS) is 16.3. The minimum atomic E-state index is -1.26. The molecule has 1 aromatic rings. The molecule has 1 aliphatic heterocycles. The van der Waals surface area contributed by atoms with E-state index in [1.807, 2.05) is 0 Å². The first-order valence-corrected chi connectivity index (χ1v) is 5.77. The van der Waals surface area contributed by atoms with Crippen LogP contribution in [0.4, 0.5) is 4.39 Å². The summed E-state index contributed by atoms with van der Waals surface area (Å²) in [4.78, 5) is 23.6. The van der Waals surface area contributed by atoms with Crippen LogP contribution in [0.5, 0.6) is 0 Å². The Morgan fingerprint density at radius 3 is 2.74 bits per heavy atom. The SMILES string of the molecule is COC(=O)C1(C(=O)NCc2cccc(F)c2)COC1. The van der Waals surface area contributed by atoms with Gasteiger partial charge in [0.05, 0.1) is 20.3 Å². The van der Waals surface area contributed by atoms with Crippen LogP contribution in [-0.4, -0.2) is 32.2 Å². The van der Waals surface area contributed by atoms with Crippen molar-refractivity contribution in [1.82, 2.24) is 5.32 Å². The molecule has 1 aromatic carbocycles. The van der Waals surface area contributed by atoms with Crippen molar-refractivity contribution in [2.45, 2.75) is 6.54 Å². The molecule has 19 heavy (non-hydrogen) atoms. The van der Waals surface area contributed by atoms with Gasteiger partial charge in [0.2, 0.25) is 5.91 Å². The largest absolute Gasteiger partial charge is 0.468 e. The van der Waals surface area contributed by atoms with Crippen molar-refractivity contribution in [2.24, 2.45) is 5.41 Å². The van der Waals surface area contributed by atoms with Gasteiger partial charge in [-0.1, -0.05) is 12.1 Å². The molecule has 6 heteroatoms. The highest BCUT2D eigenvalue weighted by Gasteiger charge is 2.53. The van der Waals surface area contributed by atoms with Crippen LogP contribution in [0.15, 0.2) is 24.3 Å². The third-order valence-corrected chi connectivity index (χ3v) is 3.05. The van der Waals surface area contributed by atoms with E-state index in [1.165, 1.54) is 19.2 Å². The topological polar surface area (TPSA) is 64.6 Å². The second-order valence-electron chi connectivity index (χ2n) is 4.38. The molecule has 1 aliphatic rings. The summed E-state index contributed by atoms with van der Waals surface area (Å²) >= 11 is 0. The molecule has 0 aromatic heterocycles. The number of esters is 1. The molecule has 0 saturated carbocycles. The first-order chi connectivity index (χ1) is 9.08. The monoisotopic (exact) mass is 267 g/mol. The van der Waals surface area contributed by atoms with E-state index in [2.05, 4.69) is 10.1 Å². The lowest BCUT2D eigenvalue weighted by Crippen LogP contribution is -2.59. The van der Waals surface area contributed by atoms with Gasteiger partial charge in [-0.2, -0.15) is 0 Å². The lowest BCUT2D eigenvalue weighted by Gasteiger charge is -2.36. The van der Waals surface area contributed by atoms with E-state index in [-0.39, 0.29) is 25.6 Å². The zero-order valence-electron chi connectivity index (χ0n) is 10.4. The maximum absolute atomic E-state index is 13.0. The Labute approximate surface area is 109 Å². The van der Waals surface area contributed by atoms with Gasteiger partial charge in [-0.15, -0.1) is 0 Å². The molecule has 0 unspecified atom stereocenters. The molecule has 2 rings (SSSR count). The van der Waals surface area contributed by atoms with Crippen LogP contribution in [-0.2, 0) is 25.6 Å². The second kappa shape index (κ2) is 5.36. The van der Waals surface area contributed by atoms with Gasteiger partial charge in [0.1, 0.15) is 5.82 Å². The maximum Gasteiger partial charge on any atom is 0.326 e. The molecular formula is C13H14FNO4. The zero-order chi connectivity index (χ0) is 13.9. The van der Waals surface area contributed by atoms with Crippen LogP contribution in [0.2, 0.25) is 0 Å². The van der Waals surface area contributed by atoms with E-state index in [1.54, 1.807) is 12.1 Å². The maximum atomic E-state index is 13.0. The molecule has 0 aliphatic carbocycles. The second-order valence-corrected chi connectivity index (χ2v) is 4.38. The number of halogens is 1. The van der Waals surface area contributed by atoms with Gasteiger partial charge >= 0.3 is 5.97 Å². The summed E-state index contributed by atoms with van der Waals surface area (Å²) in [6, 6.07) is 5.88. The van der Waals surface area contributed by atoms with Gasteiger partial charge in [-0.05, 0) is 17.7 Å². The average Bonchev–Trinajstić information content (AvgIpc) is 2.35. The third kappa shape index (κ3) is 2.58. The highest BCUT2D eigenvalue weighted by atomic mass is 19.1. The zero-order valence-corrected chi connectivity index (χ0v) is 10.4. The fourth-order valence-corrected chi connectivity index (χ4v) is 1.84. The summed E-state index contributed by atoms with van der Waals surface area (Å²) in [7, 11) is 1.22.